The number of halogens is 2. The number of alkyl halides is 2. The minimum absolute atomic E-state index is 0.267. The smallest absolute Gasteiger partial charge is 0.105 e. The van der Waals surface area contributed by atoms with Crippen molar-refractivity contribution in [1.82, 2.24) is 0 Å². The van der Waals surface area contributed by atoms with E-state index in [0.29, 0.717) is 5.92 Å². The molecule has 0 bridgehead atoms. The van der Waals surface area contributed by atoms with Crippen molar-refractivity contribution in [2.24, 2.45) is 5.92 Å². The summed E-state index contributed by atoms with van der Waals surface area (Å²) in [6, 6.07) is 21.3. The van der Waals surface area contributed by atoms with Gasteiger partial charge in [-0.2, -0.15) is 0 Å². The second kappa shape index (κ2) is 7.86. The zero-order chi connectivity index (χ0) is 16.1. The van der Waals surface area contributed by atoms with Crippen molar-refractivity contribution in [3.63, 3.8) is 0 Å². The Kier molecular flexibility index (Phi) is 5.59. The molecule has 0 saturated carbocycles. The highest BCUT2D eigenvalue weighted by molar-refractivity contribution is 6.44. The third-order valence-electron chi connectivity index (χ3n) is 4.43. The molecule has 23 heavy (non-hydrogen) atoms. The molecule has 0 aromatic heterocycles. The van der Waals surface area contributed by atoms with Crippen LogP contribution < -0.4 is 0 Å². The molecule has 3 rings (SSSR count). The lowest BCUT2D eigenvalue weighted by Gasteiger charge is -2.30. The van der Waals surface area contributed by atoms with Crippen LogP contribution in [0.4, 0.5) is 0 Å². The van der Waals surface area contributed by atoms with E-state index in [0.717, 1.165) is 12.8 Å². The zero-order valence-corrected chi connectivity index (χ0v) is 14.4. The molecule has 1 atom stereocenters. The molecule has 0 saturated heterocycles. The Morgan fingerprint density at radius 3 is 1.83 bits per heavy atom. The first-order valence-corrected chi connectivity index (χ1v) is 8.86. The van der Waals surface area contributed by atoms with Crippen molar-refractivity contribution in [3.8, 4) is 0 Å². The van der Waals surface area contributed by atoms with E-state index in [1.807, 2.05) is 0 Å². The highest BCUT2D eigenvalue weighted by atomic mass is 35.5. The van der Waals surface area contributed by atoms with Gasteiger partial charge in [-0.15, -0.1) is 23.2 Å². The summed E-state index contributed by atoms with van der Waals surface area (Å²) in [6.45, 7) is 0. The van der Waals surface area contributed by atoms with Gasteiger partial charge in [-0.3, -0.25) is 0 Å². The fraction of sp³-hybridized carbons (Fsp3) is 0.238. The van der Waals surface area contributed by atoms with Crippen molar-refractivity contribution in [2.75, 3.05) is 0 Å². The Hall–Kier alpha value is -1.50. The van der Waals surface area contributed by atoms with Crippen LogP contribution in [0, 0.1) is 5.92 Å². The Balaban J connectivity index is 2.04. The molecule has 0 nitrogen and oxygen atoms in total. The van der Waals surface area contributed by atoms with Crippen LogP contribution in [0.3, 0.4) is 0 Å². The molecule has 1 unspecified atom stereocenters. The number of allylic oxidation sites excluding steroid dienone is 4. The molecule has 118 valence electrons. The molecule has 0 heterocycles. The molecule has 2 heteroatoms. The third kappa shape index (κ3) is 4.07. The van der Waals surface area contributed by atoms with E-state index < -0.39 is 0 Å². The summed E-state index contributed by atoms with van der Waals surface area (Å²) in [5, 5.41) is 0. The Morgan fingerprint density at radius 1 is 0.826 bits per heavy atom. The fourth-order valence-corrected chi connectivity index (χ4v) is 3.79. The number of benzene rings is 2. The molecular formula is C21H20Cl2. The van der Waals surface area contributed by atoms with Gasteiger partial charge in [0.15, 0.2) is 0 Å². The normalized spacial score (nSPS) is 15.2. The van der Waals surface area contributed by atoms with Gasteiger partial charge in [0.2, 0.25) is 0 Å². The first-order valence-electron chi connectivity index (χ1n) is 7.99. The Morgan fingerprint density at radius 2 is 1.39 bits per heavy atom. The van der Waals surface area contributed by atoms with Crippen LogP contribution in [-0.2, 0) is 0 Å². The fourth-order valence-electron chi connectivity index (χ4n) is 3.41. The van der Waals surface area contributed by atoms with E-state index in [9.17, 15) is 0 Å². The number of rotatable bonds is 6. The molecule has 0 amide bonds. The van der Waals surface area contributed by atoms with Crippen molar-refractivity contribution >= 4 is 23.2 Å². The topological polar surface area (TPSA) is 0 Å². The number of hydrogen-bond acceptors (Lipinski definition) is 0. The Bertz CT molecular complexity index is 632. The summed E-state index contributed by atoms with van der Waals surface area (Å²) in [7, 11) is 0. The largest absolute Gasteiger partial charge is 0.108 e. The minimum atomic E-state index is -0.364. The van der Waals surface area contributed by atoms with E-state index in [1.54, 1.807) is 0 Å². The van der Waals surface area contributed by atoms with Crippen LogP contribution in [0.15, 0.2) is 84.5 Å². The average molecular weight is 343 g/mol. The van der Waals surface area contributed by atoms with Crippen LogP contribution in [-0.4, -0.2) is 4.84 Å². The van der Waals surface area contributed by atoms with Gasteiger partial charge in [0, 0.05) is 5.92 Å². The van der Waals surface area contributed by atoms with Crippen LogP contribution in [0.5, 0.6) is 0 Å². The summed E-state index contributed by atoms with van der Waals surface area (Å²) in [5.41, 5.74) is 4.03. The van der Waals surface area contributed by atoms with Crippen molar-refractivity contribution in [2.45, 2.75) is 23.6 Å². The van der Waals surface area contributed by atoms with Crippen molar-refractivity contribution in [3.05, 3.63) is 95.6 Å². The first-order chi connectivity index (χ1) is 11.3. The number of hydrogen-bond donors (Lipinski definition) is 0. The van der Waals surface area contributed by atoms with Crippen molar-refractivity contribution < 1.29 is 0 Å². The summed E-state index contributed by atoms with van der Waals surface area (Å²) < 4.78 is 0. The van der Waals surface area contributed by atoms with Crippen LogP contribution >= 0.6 is 23.2 Å². The monoisotopic (exact) mass is 342 g/mol. The SMILES string of the molecule is ClC(Cl)CC(C1=CC=CC1)C(c1ccccc1)c1ccccc1. The van der Waals surface area contributed by atoms with Gasteiger partial charge in [-0.05, 0) is 29.9 Å². The lowest BCUT2D eigenvalue weighted by molar-refractivity contribution is 0.509. The minimum Gasteiger partial charge on any atom is -0.105 e. The van der Waals surface area contributed by atoms with Gasteiger partial charge >= 0.3 is 0 Å². The predicted molar refractivity (Wildman–Crippen MR) is 100 cm³/mol. The summed E-state index contributed by atoms with van der Waals surface area (Å²) in [5.74, 6) is 0.568. The molecule has 0 spiro atoms. The van der Waals surface area contributed by atoms with Gasteiger partial charge in [0.25, 0.3) is 0 Å². The molecule has 2 aromatic rings. The molecule has 1 aliphatic rings. The van der Waals surface area contributed by atoms with E-state index in [4.69, 9.17) is 23.2 Å². The highest BCUT2D eigenvalue weighted by Crippen LogP contribution is 2.42. The van der Waals surface area contributed by atoms with Crippen LogP contribution in [0.25, 0.3) is 0 Å². The highest BCUT2D eigenvalue weighted by Gasteiger charge is 2.29. The second-order valence-electron chi connectivity index (χ2n) is 5.91. The summed E-state index contributed by atoms with van der Waals surface area (Å²) in [6.07, 6.45) is 8.30. The van der Waals surface area contributed by atoms with E-state index >= 15 is 0 Å². The molecular weight excluding hydrogens is 323 g/mol. The van der Waals surface area contributed by atoms with E-state index in [-0.39, 0.29) is 10.8 Å². The van der Waals surface area contributed by atoms with Gasteiger partial charge in [0.1, 0.15) is 4.84 Å². The molecule has 1 aliphatic carbocycles. The summed E-state index contributed by atoms with van der Waals surface area (Å²) in [4.78, 5) is -0.364. The average Bonchev–Trinajstić information content (AvgIpc) is 3.10. The Labute approximate surface area is 148 Å². The van der Waals surface area contributed by atoms with Gasteiger partial charge in [0.05, 0.1) is 0 Å². The van der Waals surface area contributed by atoms with Crippen LogP contribution in [0.2, 0.25) is 0 Å². The van der Waals surface area contributed by atoms with Gasteiger partial charge < -0.3 is 0 Å². The molecule has 0 radical (unpaired) electrons. The zero-order valence-electron chi connectivity index (χ0n) is 12.9. The van der Waals surface area contributed by atoms with Crippen molar-refractivity contribution in [1.29, 1.82) is 0 Å². The maximum atomic E-state index is 6.19. The molecule has 0 N–H and O–H groups in total. The quantitative estimate of drug-likeness (QED) is 0.524. The third-order valence-corrected chi connectivity index (χ3v) is 4.78. The van der Waals surface area contributed by atoms with E-state index in [2.05, 4.69) is 78.9 Å². The molecule has 0 fully saturated rings. The molecule has 2 aromatic carbocycles. The lowest BCUT2D eigenvalue weighted by Crippen LogP contribution is -2.19. The maximum Gasteiger partial charge on any atom is 0.108 e. The molecule has 0 aliphatic heterocycles. The van der Waals surface area contributed by atoms with E-state index in [1.165, 1.54) is 16.7 Å². The first kappa shape index (κ1) is 16.4. The lowest BCUT2D eigenvalue weighted by atomic mass is 9.75. The van der Waals surface area contributed by atoms with Gasteiger partial charge in [-0.1, -0.05) is 84.5 Å². The predicted octanol–water partition coefficient (Wildman–Crippen LogP) is 6.51. The standard InChI is InChI=1S/C21H20Cl2/c22-20(23)15-19(16-9-7-8-10-16)21(17-11-3-1-4-12-17)18-13-5-2-6-14-18/h1-9,11-14,19-21H,10,15H2. The van der Waals surface area contributed by atoms with Gasteiger partial charge in [-0.25, -0.2) is 0 Å². The van der Waals surface area contributed by atoms with Crippen LogP contribution in [0.1, 0.15) is 29.9 Å². The maximum absolute atomic E-state index is 6.19. The summed E-state index contributed by atoms with van der Waals surface area (Å²) >= 11 is 12.4. The second-order valence-corrected chi connectivity index (χ2v) is 7.18.